The van der Waals surface area contributed by atoms with Crippen LogP contribution in [0.15, 0.2) is 71.4 Å². The maximum Gasteiger partial charge on any atom is 0.196 e. The smallest absolute Gasteiger partial charge is 0.196 e. The molecule has 1 heterocycles. The Balaban J connectivity index is 1.72. The highest BCUT2D eigenvalue weighted by Crippen LogP contribution is 2.29. The van der Waals surface area contributed by atoms with Gasteiger partial charge in [-0.25, -0.2) is 4.99 Å². The van der Waals surface area contributed by atoms with E-state index in [0.717, 1.165) is 55.0 Å². The summed E-state index contributed by atoms with van der Waals surface area (Å²) in [4.78, 5) is 6.60. The molecule has 5 heteroatoms. The first kappa shape index (κ1) is 23.5. The van der Waals surface area contributed by atoms with E-state index in [0.29, 0.717) is 5.96 Å². The molecule has 0 atom stereocenters. The van der Waals surface area contributed by atoms with E-state index in [9.17, 15) is 0 Å². The first-order chi connectivity index (χ1) is 15.6. The Morgan fingerprint density at radius 3 is 2.28 bits per heavy atom. The summed E-state index contributed by atoms with van der Waals surface area (Å²) >= 11 is 0. The molecule has 0 radical (unpaired) electrons. The highest BCUT2D eigenvalue weighted by molar-refractivity contribution is 5.81. The summed E-state index contributed by atoms with van der Waals surface area (Å²) in [5.41, 5.74) is 10.9. The third kappa shape index (κ3) is 6.39. The molecule has 2 aromatic carbocycles. The largest absolute Gasteiger partial charge is 0.497 e. The van der Waals surface area contributed by atoms with Crippen LogP contribution in [0.5, 0.6) is 11.5 Å². The molecule has 170 valence electrons. The van der Waals surface area contributed by atoms with E-state index in [1.807, 2.05) is 30.5 Å². The van der Waals surface area contributed by atoms with E-state index >= 15 is 0 Å². The van der Waals surface area contributed by atoms with Crippen molar-refractivity contribution in [2.24, 2.45) is 10.7 Å². The summed E-state index contributed by atoms with van der Waals surface area (Å²) < 4.78 is 10.9. The SMILES string of the molecule is CCCCC1=CN=C(N)N(CCCC=C(c2cccc(OC)c2)c2cccc(OC)c2)C1. The van der Waals surface area contributed by atoms with Crippen molar-refractivity contribution in [2.75, 3.05) is 27.3 Å². The highest BCUT2D eigenvalue weighted by atomic mass is 16.5. The fourth-order valence-corrected chi connectivity index (χ4v) is 3.86. The Morgan fingerprint density at radius 1 is 1.03 bits per heavy atom. The molecule has 0 unspecified atom stereocenters. The number of methoxy groups -OCH3 is 2. The van der Waals surface area contributed by atoms with E-state index in [1.54, 1.807) is 14.2 Å². The summed E-state index contributed by atoms with van der Waals surface area (Å²) in [6, 6.07) is 16.4. The zero-order valence-corrected chi connectivity index (χ0v) is 19.5. The van der Waals surface area contributed by atoms with Gasteiger partial charge in [0.1, 0.15) is 11.5 Å². The lowest BCUT2D eigenvalue weighted by Crippen LogP contribution is -2.40. The number of allylic oxidation sites excluding steroid dienone is 1. The highest BCUT2D eigenvalue weighted by Gasteiger charge is 2.14. The molecule has 2 aromatic rings. The van der Waals surface area contributed by atoms with Gasteiger partial charge in [0.25, 0.3) is 0 Å². The summed E-state index contributed by atoms with van der Waals surface area (Å²) in [5, 5.41) is 0. The molecular weight excluding hydrogens is 398 g/mol. The molecule has 0 bridgehead atoms. The molecule has 0 fully saturated rings. The zero-order valence-electron chi connectivity index (χ0n) is 19.5. The molecule has 0 spiro atoms. The third-order valence-corrected chi connectivity index (χ3v) is 5.69. The van der Waals surface area contributed by atoms with Crippen LogP contribution in [0, 0.1) is 0 Å². The summed E-state index contributed by atoms with van der Waals surface area (Å²) in [7, 11) is 3.39. The van der Waals surface area contributed by atoms with Crippen molar-refractivity contribution in [3.05, 3.63) is 77.5 Å². The van der Waals surface area contributed by atoms with Crippen LogP contribution in [0.1, 0.15) is 50.2 Å². The van der Waals surface area contributed by atoms with Crippen LogP contribution in [0.25, 0.3) is 5.57 Å². The minimum absolute atomic E-state index is 0.620. The number of ether oxygens (including phenoxy) is 2. The number of unbranched alkanes of at least 4 members (excludes halogenated alkanes) is 2. The zero-order chi connectivity index (χ0) is 22.8. The van der Waals surface area contributed by atoms with Gasteiger partial charge >= 0.3 is 0 Å². The lowest BCUT2D eigenvalue weighted by Gasteiger charge is -2.27. The lowest BCUT2D eigenvalue weighted by atomic mass is 9.96. The van der Waals surface area contributed by atoms with E-state index in [-0.39, 0.29) is 0 Å². The standard InChI is InChI=1S/C27H35N3O2/c1-4-5-10-21-19-29-27(28)30(20-21)16-7-6-15-26(22-11-8-13-24(17-22)31-2)23-12-9-14-25(18-23)32-3/h8-9,11-15,17-19H,4-7,10,16,20H2,1-3H3,(H2,28,29). The Bertz CT molecular complexity index is 929. The number of nitrogens with zero attached hydrogens (tertiary/aromatic N) is 2. The van der Waals surface area contributed by atoms with Gasteiger partial charge in [-0.05, 0) is 72.2 Å². The molecule has 3 rings (SSSR count). The van der Waals surface area contributed by atoms with Gasteiger partial charge in [0.2, 0.25) is 0 Å². The van der Waals surface area contributed by atoms with Crippen molar-refractivity contribution >= 4 is 11.5 Å². The van der Waals surface area contributed by atoms with E-state index in [4.69, 9.17) is 15.2 Å². The van der Waals surface area contributed by atoms with Crippen molar-refractivity contribution in [1.82, 2.24) is 4.90 Å². The third-order valence-electron chi connectivity index (χ3n) is 5.69. The molecule has 5 nitrogen and oxygen atoms in total. The summed E-state index contributed by atoms with van der Waals surface area (Å²) in [6.45, 7) is 3.99. The molecule has 0 aromatic heterocycles. The molecule has 0 aliphatic carbocycles. The van der Waals surface area contributed by atoms with Gasteiger partial charge in [-0.2, -0.15) is 0 Å². The second-order valence-electron chi connectivity index (χ2n) is 8.02. The van der Waals surface area contributed by atoms with Crippen molar-refractivity contribution < 1.29 is 9.47 Å². The number of hydrogen-bond donors (Lipinski definition) is 1. The topological polar surface area (TPSA) is 60.1 Å². The molecule has 0 saturated carbocycles. The second kappa shape index (κ2) is 12.0. The van der Waals surface area contributed by atoms with Crippen molar-refractivity contribution in [1.29, 1.82) is 0 Å². The number of rotatable bonds is 11. The fraction of sp³-hybridized carbons (Fsp3) is 0.370. The van der Waals surface area contributed by atoms with Crippen LogP contribution < -0.4 is 15.2 Å². The maximum absolute atomic E-state index is 6.15. The number of hydrogen-bond acceptors (Lipinski definition) is 5. The first-order valence-electron chi connectivity index (χ1n) is 11.4. The normalized spacial score (nSPS) is 13.3. The van der Waals surface area contributed by atoms with Gasteiger partial charge in [-0.3, -0.25) is 0 Å². The Kier molecular flexibility index (Phi) is 8.79. The predicted octanol–water partition coefficient (Wildman–Crippen LogP) is 5.62. The van der Waals surface area contributed by atoms with Crippen molar-refractivity contribution in [3.8, 4) is 11.5 Å². The van der Waals surface area contributed by atoms with Crippen LogP contribution in [-0.4, -0.2) is 38.2 Å². The fourth-order valence-electron chi connectivity index (χ4n) is 3.86. The first-order valence-corrected chi connectivity index (χ1v) is 11.4. The van der Waals surface area contributed by atoms with E-state index in [1.165, 1.54) is 24.0 Å². The number of benzene rings is 2. The van der Waals surface area contributed by atoms with Crippen LogP contribution in [0.4, 0.5) is 0 Å². The van der Waals surface area contributed by atoms with Gasteiger partial charge in [-0.1, -0.05) is 43.7 Å². The van der Waals surface area contributed by atoms with Crippen LogP contribution in [0.3, 0.4) is 0 Å². The summed E-state index contributed by atoms with van der Waals surface area (Å²) in [5.74, 6) is 2.31. The lowest BCUT2D eigenvalue weighted by molar-refractivity contribution is 0.414. The van der Waals surface area contributed by atoms with Crippen LogP contribution >= 0.6 is 0 Å². The van der Waals surface area contributed by atoms with Crippen LogP contribution in [-0.2, 0) is 0 Å². The monoisotopic (exact) mass is 433 g/mol. The van der Waals surface area contributed by atoms with Gasteiger partial charge in [0, 0.05) is 19.3 Å². The van der Waals surface area contributed by atoms with Gasteiger partial charge in [0.15, 0.2) is 5.96 Å². The number of guanidine groups is 1. The van der Waals surface area contributed by atoms with Gasteiger partial charge in [-0.15, -0.1) is 0 Å². The minimum Gasteiger partial charge on any atom is -0.497 e. The molecule has 0 saturated heterocycles. The Labute approximate surface area is 192 Å². The molecule has 2 N–H and O–H groups in total. The number of nitrogens with two attached hydrogens (primary N) is 1. The molecule has 32 heavy (non-hydrogen) atoms. The Morgan fingerprint density at radius 2 is 1.69 bits per heavy atom. The molecule has 1 aliphatic heterocycles. The average molecular weight is 434 g/mol. The van der Waals surface area contributed by atoms with E-state index < -0.39 is 0 Å². The van der Waals surface area contributed by atoms with Crippen LogP contribution in [0.2, 0.25) is 0 Å². The van der Waals surface area contributed by atoms with Gasteiger partial charge in [0.05, 0.1) is 14.2 Å². The quantitative estimate of drug-likeness (QED) is 0.467. The van der Waals surface area contributed by atoms with Crippen molar-refractivity contribution in [2.45, 2.75) is 39.0 Å². The Hall–Kier alpha value is -3.21. The maximum atomic E-state index is 6.15. The van der Waals surface area contributed by atoms with E-state index in [2.05, 4.69) is 47.2 Å². The average Bonchev–Trinajstić information content (AvgIpc) is 2.84. The molecule has 1 aliphatic rings. The van der Waals surface area contributed by atoms with Crippen molar-refractivity contribution in [3.63, 3.8) is 0 Å². The molecule has 0 amide bonds. The van der Waals surface area contributed by atoms with Gasteiger partial charge < -0.3 is 20.1 Å². The number of aliphatic imine (C=N–C) groups is 1. The summed E-state index contributed by atoms with van der Waals surface area (Å²) in [6.07, 6.45) is 9.66. The minimum atomic E-state index is 0.620. The second-order valence-corrected chi connectivity index (χ2v) is 8.02. The molecular formula is C27H35N3O2. The predicted molar refractivity (Wildman–Crippen MR) is 133 cm³/mol.